The predicted octanol–water partition coefficient (Wildman–Crippen LogP) is 0.276. The van der Waals surface area contributed by atoms with Gasteiger partial charge in [0, 0.05) is 12.0 Å². The fraction of sp³-hybridized carbons (Fsp3) is 0.462. The van der Waals surface area contributed by atoms with Gasteiger partial charge in [-0.25, -0.2) is 9.31 Å². The predicted molar refractivity (Wildman–Crippen MR) is 72.0 cm³/mol. The molecule has 1 aliphatic rings. The van der Waals surface area contributed by atoms with Crippen LogP contribution in [0.5, 0.6) is 0 Å². The molecule has 3 rings (SSSR count). The Balaban J connectivity index is 2.15. The normalized spacial score (nSPS) is 16.4. The Kier molecular flexibility index (Phi) is 3.27. The zero-order valence-corrected chi connectivity index (χ0v) is 11.2. The first-order valence-corrected chi connectivity index (χ1v) is 6.60. The number of hydrogen-bond donors (Lipinski definition) is 2. The molecule has 0 aliphatic carbocycles. The van der Waals surface area contributed by atoms with E-state index in [1.54, 1.807) is 10.6 Å². The quantitative estimate of drug-likeness (QED) is 0.769. The second-order valence-electron chi connectivity index (χ2n) is 4.89. The highest BCUT2D eigenvalue weighted by molar-refractivity contribution is 5.95. The van der Waals surface area contributed by atoms with Gasteiger partial charge in [0.05, 0.1) is 19.0 Å². The van der Waals surface area contributed by atoms with E-state index in [-0.39, 0.29) is 17.0 Å². The van der Waals surface area contributed by atoms with Gasteiger partial charge in [-0.2, -0.15) is 5.10 Å². The second kappa shape index (κ2) is 5.09. The van der Waals surface area contributed by atoms with E-state index in [0.29, 0.717) is 5.65 Å². The molecular weight excluding hydrogens is 260 g/mol. The van der Waals surface area contributed by atoms with Crippen molar-refractivity contribution in [3.63, 3.8) is 0 Å². The summed E-state index contributed by atoms with van der Waals surface area (Å²) in [5, 5.41) is 7.52. The van der Waals surface area contributed by atoms with Crippen molar-refractivity contribution in [1.29, 1.82) is 0 Å². The summed E-state index contributed by atoms with van der Waals surface area (Å²) in [7, 11) is 1.31. The number of rotatable bonds is 2. The van der Waals surface area contributed by atoms with Gasteiger partial charge in [-0.05, 0) is 25.9 Å². The number of esters is 1. The molecule has 7 nitrogen and oxygen atoms in total. The number of piperidine rings is 1. The zero-order valence-electron chi connectivity index (χ0n) is 11.2. The molecule has 20 heavy (non-hydrogen) atoms. The van der Waals surface area contributed by atoms with Gasteiger partial charge in [0.2, 0.25) is 0 Å². The molecule has 1 saturated heterocycles. The van der Waals surface area contributed by atoms with Crippen LogP contribution >= 0.6 is 0 Å². The van der Waals surface area contributed by atoms with E-state index < -0.39 is 5.97 Å². The number of carbonyl (C=O) groups excluding carboxylic acids is 1. The third kappa shape index (κ3) is 2.09. The van der Waals surface area contributed by atoms with Gasteiger partial charge in [-0.1, -0.05) is 0 Å². The maximum atomic E-state index is 11.8. The summed E-state index contributed by atoms with van der Waals surface area (Å²) in [5.41, 5.74) is 1.30. The molecule has 0 amide bonds. The van der Waals surface area contributed by atoms with Crippen LogP contribution in [0.2, 0.25) is 0 Å². The summed E-state index contributed by atoms with van der Waals surface area (Å²) in [6.45, 7) is 1.84. The third-order valence-electron chi connectivity index (χ3n) is 3.70. The van der Waals surface area contributed by atoms with E-state index in [9.17, 15) is 9.59 Å². The molecule has 0 radical (unpaired) electrons. The van der Waals surface area contributed by atoms with Crippen molar-refractivity contribution >= 4 is 11.6 Å². The highest BCUT2D eigenvalue weighted by Gasteiger charge is 2.22. The smallest absolute Gasteiger partial charge is 0.343 e. The van der Waals surface area contributed by atoms with Gasteiger partial charge < -0.3 is 15.0 Å². The van der Waals surface area contributed by atoms with Crippen LogP contribution in [0, 0.1) is 0 Å². The Hall–Kier alpha value is -2.15. The van der Waals surface area contributed by atoms with E-state index in [2.05, 4.69) is 15.4 Å². The summed E-state index contributed by atoms with van der Waals surface area (Å²) in [5.74, 6) is -0.232. The number of nitrogens with zero attached hydrogens (tertiary/aromatic N) is 2. The first-order valence-electron chi connectivity index (χ1n) is 6.60. The monoisotopic (exact) mass is 276 g/mol. The fourth-order valence-corrected chi connectivity index (χ4v) is 2.68. The van der Waals surface area contributed by atoms with Crippen molar-refractivity contribution in [3.05, 3.63) is 33.9 Å². The van der Waals surface area contributed by atoms with Gasteiger partial charge in [0.15, 0.2) is 5.65 Å². The van der Waals surface area contributed by atoms with E-state index in [1.165, 1.54) is 13.3 Å². The topological polar surface area (TPSA) is 88.5 Å². The Morgan fingerprint density at radius 3 is 2.90 bits per heavy atom. The molecule has 2 aromatic rings. The molecule has 0 spiro atoms. The average Bonchev–Trinajstić information content (AvgIpc) is 2.90. The van der Waals surface area contributed by atoms with E-state index in [0.717, 1.165) is 31.6 Å². The largest absolute Gasteiger partial charge is 0.465 e. The second-order valence-corrected chi connectivity index (χ2v) is 4.89. The molecule has 1 fully saturated rings. The number of H-pyrrole nitrogens is 1. The van der Waals surface area contributed by atoms with E-state index in [4.69, 9.17) is 4.74 Å². The van der Waals surface area contributed by atoms with Crippen LogP contribution < -0.4 is 10.9 Å². The molecule has 0 saturated carbocycles. The average molecular weight is 276 g/mol. The minimum Gasteiger partial charge on any atom is -0.465 e. The number of carbonyl (C=O) groups is 1. The lowest BCUT2D eigenvalue weighted by Gasteiger charge is -2.23. The summed E-state index contributed by atoms with van der Waals surface area (Å²) in [6.07, 6.45) is 3.33. The lowest BCUT2D eigenvalue weighted by molar-refractivity contribution is 0.0602. The van der Waals surface area contributed by atoms with Crippen LogP contribution in [0.15, 0.2) is 17.1 Å². The zero-order chi connectivity index (χ0) is 14.1. The molecule has 2 N–H and O–H groups in total. The van der Waals surface area contributed by atoms with Crippen LogP contribution in [0.25, 0.3) is 5.65 Å². The Morgan fingerprint density at radius 1 is 1.45 bits per heavy atom. The number of nitrogens with one attached hydrogen (secondary N) is 2. The Labute approximate surface area is 114 Å². The van der Waals surface area contributed by atoms with Crippen LogP contribution in [-0.4, -0.2) is 40.8 Å². The van der Waals surface area contributed by atoms with Gasteiger partial charge in [-0.15, -0.1) is 0 Å². The first-order chi connectivity index (χ1) is 9.70. The molecular formula is C13H16N4O3. The van der Waals surface area contributed by atoms with Crippen molar-refractivity contribution in [2.24, 2.45) is 0 Å². The molecule has 1 aliphatic heterocycles. The van der Waals surface area contributed by atoms with Gasteiger partial charge >= 0.3 is 5.97 Å². The molecule has 106 valence electrons. The number of aromatic nitrogens is 3. The number of aromatic amines is 1. The molecule has 0 aromatic carbocycles. The minimum absolute atomic E-state index is 0.225. The van der Waals surface area contributed by atoms with Gasteiger partial charge in [0.25, 0.3) is 5.56 Å². The lowest BCUT2D eigenvalue weighted by Crippen LogP contribution is -2.28. The van der Waals surface area contributed by atoms with Crippen LogP contribution in [-0.2, 0) is 4.74 Å². The standard InChI is InChI=1S/C13H16N4O3/c1-20-13(19)9-7-15-17-10(6-11(18)16-12(9)17)8-2-4-14-5-3-8/h6-8,14H,2-5H2,1H3,(H,16,18). The minimum atomic E-state index is -0.502. The summed E-state index contributed by atoms with van der Waals surface area (Å²) in [4.78, 5) is 26.2. The lowest BCUT2D eigenvalue weighted by atomic mass is 9.94. The van der Waals surface area contributed by atoms with Crippen molar-refractivity contribution in [2.45, 2.75) is 18.8 Å². The number of ether oxygens (including phenoxy) is 1. The molecule has 0 bridgehead atoms. The van der Waals surface area contributed by atoms with Crippen LogP contribution in [0.1, 0.15) is 34.8 Å². The highest BCUT2D eigenvalue weighted by atomic mass is 16.5. The molecule has 0 unspecified atom stereocenters. The maximum absolute atomic E-state index is 11.8. The Bertz CT molecular complexity index is 697. The first kappa shape index (κ1) is 12.9. The summed E-state index contributed by atoms with van der Waals surface area (Å²) >= 11 is 0. The summed E-state index contributed by atoms with van der Waals surface area (Å²) < 4.78 is 6.35. The third-order valence-corrected chi connectivity index (χ3v) is 3.70. The molecule has 3 heterocycles. The van der Waals surface area contributed by atoms with Crippen molar-refractivity contribution < 1.29 is 9.53 Å². The molecule has 7 heteroatoms. The SMILES string of the molecule is COC(=O)c1cnn2c(C3CCNCC3)cc(=O)[nH]c12. The number of hydrogen-bond acceptors (Lipinski definition) is 5. The van der Waals surface area contributed by atoms with Gasteiger partial charge in [-0.3, -0.25) is 4.79 Å². The number of methoxy groups -OCH3 is 1. The summed E-state index contributed by atoms with van der Waals surface area (Å²) in [6, 6.07) is 1.57. The molecule has 2 aromatic heterocycles. The van der Waals surface area contributed by atoms with Gasteiger partial charge in [0.1, 0.15) is 5.56 Å². The van der Waals surface area contributed by atoms with Crippen LogP contribution in [0.4, 0.5) is 0 Å². The Morgan fingerprint density at radius 2 is 2.20 bits per heavy atom. The van der Waals surface area contributed by atoms with E-state index >= 15 is 0 Å². The fourth-order valence-electron chi connectivity index (χ4n) is 2.68. The number of fused-ring (bicyclic) bond motifs is 1. The van der Waals surface area contributed by atoms with Crippen molar-refractivity contribution in [2.75, 3.05) is 20.2 Å². The highest BCUT2D eigenvalue weighted by Crippen LogP contribution is 2.24. The van der Waals surface area contributed by atoms with Crippen molar-refractivity contribution in [1.82, 2.24) is 19.9 Å². The van der Waals surface area contributed by atoms with E-state index in [1.807, 2.05) is 0 Å². The maximum Gasteiger partial charge on any atom is 0.343 e. The van der Waals surface area contributed by atoms with Crippen molar-refractivity contribution in [3.8, 4) is 0 Å². The molecule has 0 atom stereocenters. The van der Waals surface area contributed by atoms with Crippen LogP contribution in [0.3, 0.4) is 0 Å².